The molecule has 0 bridgehead atoms. The second kappa shape index (κ2) is 8.70. The van der Waals surface area contributed by atoms with Gasteiger partial charge in [0.1, 0.15) is 0 Å². The average molecular weight is 366 g/mol. The van der Waals surface area contributed by atoms with Crippen molar-refractivity contribution in [2.45, 2.75) is 76.4 Å². The number of hydrogen-bond donors (Lipinski definition) is 2. The van der Waals surface area contributed by atoms with E-state index < -0.39 is 17.9 Å². The predicted molar refractivity (Wildman–Crippen MR) is 101 cm³/mol. The number of rotatable bonds is 4. The molecule has 1 saturated carbocycles. The normalized spacial score (nSPS) is 27.9. The molecule has 0 aromatic rings. The highest BCUT2D eigenvalue weighted by molar-refractivity contribution is 6.35. The molecule has 6 heteroatoms. The Morgan fingerprint density at radius 3 is 2.35 bits per heavy atom. The topological polar surface area (TPSA) is 72.9 Å². The third kappa shape index (κ3) is 4.39. The van der Waals surface area contributed by atoms with E-state index in [0.717, 1.165) is 32.4 Å². The van der Waals surface area contributed by atoms with Crippen LogP contribution in [0.1, 0.15) is 64.7 Å². The van der Waals surface area contributed by atoms with Gasteiger partial charge < -0.3 is 15.3 Å². The molecule has 2 N–H and O–H groups in total. The van der Waals surface area contributed by atoms with Crippen LogP contribution in [0.15, 0.2) is 0 Å². The van der Waals surface area contributed by atoms with E-state index in [1.807, 2.05) is 0 Å². The lowest BCUT2D eigenvalue weighted by Crippen LogP contribution is -2.59. The quantitative estimate of drug-likeness (QED) is 0.741. The summed E-state index contributed by atoms with van der Waals surface area (Å²) in [5.74, 6) is -0.819. The van der Waals surface area contributed by atoms with Crippen LogP contribution in [0.2, 0.25) is 0 Å². The summed E-state index contributed by atoms with van der Waals surface area (Å²) in [5, 5.41) is 12.7. The Morgan fingerprint density at radius 1 is 1.08 bits per heavy atom. The molecular formula is C20H35N3O3. The van der Waals surface area contributed by atoms with Crippen LogP contribution in [0.3, 0.4) is 0 Å². The minimum atomic E-state index is -0.474. The third-order valence-electron chi connectivity index (χ3n) is 6.78. The lowest BCUT2D eigenvalue weighted by atomic mass is 9.79. The van der Waals surface area contributed by atoms with E-state index in [-0.39, 0.29) is 11.5 Å². The molecule has 0 spiro atoms. The van der Waals surface area contributed by atoms with Gasteiger partial charge in [-0.1, -0.05) is 25.7 Å². The second-order valence-corrected chi connectivity index (χ2v) is 8.56. The number of likely N-dealkylation sites (tertiary alicyclic amines) is 2. The molecule has 1 aliphatic carbocycles. The van der Waals surface area contributed by atoms with Gasteiger partial charge in [0.05, 0.1) is 6.10 Å². The smallest absolute Gasteiger partial charge is 0.311 e. The van der Waals surface area contributed by atoms with Crippen molar-refractivity contribution in [3.05, 3.63) is 0 Å². The molecule has 148 valence electrons. The van der Waals surface area contributed by atoms with Gasteiger partial charge in [-0.2, -0.15) is 0 Å². The molecule has 0 unspecified atom stereocenters. The van der Waals surface area contributed by atoms with Crippen molar-refractivity contribution in [2.75, 3.05) is 32.7 Å². The fourth-order valence-corrected chi connectivity index (χ4v) is 5.01. The Bertz CT molecular complexity index is 497. The molecule has 3 fully saturated rings. The molecule has 0 radical (unpaired) electrons. The number of nitrogens with one attached hydrogen (secondary N) is 1. The molecule has 26 heavy (non-hydrogen) atoms. The Morgan fingerprint density at radius 2 is 1.73 bits per heavy atom. The summed E-state index contributed by atoms with van der Waals surface area (Å²) in [5.41, 5.74) is 0.0434. The van der Waals surface area contributed by atoms with Gasteiger partial charge in [-0.15, -0.1) is 0 Å². The van der Waals surface area contributed by atoms with Gasteiger partial charge in [0.15, 0.2) is 0 Å². The standard InChI is InChI=1S/C20H35N3O3/c1-16(24)17-8-13-22(14-17)19(26)18(25)21-15-20(9-4-2-5-10-20)23-11-6-3-7-12-23/h16-17,24H,2-15H2,1H3,(H,21,25)/t16-,17-/m1/s1. The fraction of sp³-hybridized carbons (Fsp3) is 0.900. The number of aliphatic hydroxyl groups is 1. The van der Waals surface area contributed by atoms with Crippen LogP contribution < -0.4 is 5.32 Å². The van der Waals surface area contributed by atoms with Gasteiger partial charge >= 0.3 is 11.8 Å². The number of piperidine rings is 1. The summed E-state index contributed by atoms with van der Waals surface area (Å²) in [6.45, 7) is 5.63. The van der Waals surface area contributed by atoms with Gasteiger partial charge in [0.25, 0.3) is 0 Å². The largest absolute Gasteiger partial charge is 0.393 e. The van der Waals surface area contributed by atoms with Crippen molar-refractivity contribution < 1.29 is 14.7 Å². The van der Waals surface area contributed by atoms with Crippen molar-refractivity contribution in [1.29, 1.82) is 0 Å². The van der Waals surface area contributed by atoms with Crippen molar-refractivity contribution in [2.24, 2.45) is 5.92 Å². The van der Waals surface area contributed by atoms with E-state index in [1.165, 1.54) is 38.5 Å². The molecule has 2 aliphatic heterocycles. The van der Waals surface area contributed by atoms with Gasteiger partial charge in [-0.3, -0.25) is 14.5 Å². The molecule has 3 aliphatic rings. The molecule has 0 aromatic carbocycles. The van der Waals surface area contributed by atoms with E-state index in [0.29, 0.717) is 19.6 Å². The highest BCUT2D eigenvalue weighted by atomic mass is 16.3. The van der Waals surface area contributed by atoms with Crippen molar-refractivity contribution in [3.8, 4) is 0 Å². The maximum absolute atomic E-state index is 12.5. The van der Waals surface area contributed by atoms with Crippen LogP contribution >= 0.6 is 0 Å². The number of aliphatic hydroxyl groups excluding tert-OH is 1. The molecule has 2 heterocycles. The number of amides is 2. The summed E-state index contributed by atoms with van der Waals surface area (Å²) < 4.78 is 0. The Labute approximate surface area is 157 Å². The minimum absolute atomic E-state index is 0.0434. The first-order valence-corrected chi connectivity index (χ1v) is 10.5. The lowest BCUT2D eigenvalue weighted by Gasteiger charge is -2.48. The summed E-state index contributed by atoms with van der Waals surface area (Å²) in [6.07, 6.45) is 10.1. The Hall–Kier alpha value is -1.14. The van der Waals surface area contributed by atoms with Gasteiger partial charge in [-0.05, 0) is 52.1 Å². The summed E-state index contributed by atoms with van der Waals surface area (Å²) in [7, 11) is 0. The Balaban J connectivity index is 1.56. The van der Waals surface area contributed by atoms with E-state index in [4.69, 9.17) is 0 Å². The monoisotopic (exact) mass is 365 g/mol. The van der Waals surface area contributed by atoms with Crippen LogP contribution in [0.5, 0.6) is 0 Å². The summed E-state index contributed by atoms with van der Waals surface area (Å²) in [6, 6.07) is 0. The summed E-state index contributed by atoms with van der Waals surface area (Å²) >= 11 is 0. The number of carbonyl (C=O) groups excluding carboxylic acids is 2. The average Bonchev–Trinajstić information content (AvgIpc) is 3.17. The van der Waals surface area contributed by atoms with E-state index in [1.54, 1.807) is 11.8 Å². The van der Waals surface area contributed by atoms with Crippen LogP contribution in [0.4, 0.5) is 0 Å². The first-order chi connectivity index (χ1) is 12.5. The molecule has 2 atom stereocenters. The highest BCUT2D eigenvalue weighted by Crippen LogP contribution is 2.35. The zero-order valence-corrected chi connectivity index (χ0v) is 16.2. The number of hydrogen-bond acceptors (Lipinski definition) is 4. The lowest BCUT2D eigenvalue weighted by molar-refractivity contribution is -0.145. The first kappa shape index (κ1) is 19.6. The molecule has 2 saturated heterocycles. The van der Waals surface area contributed by atoms with E-state index in [9.17, 15) is 14.7 Å². The van der Waals surface area contributed by atoms with Crippen LogP contribution in [-0.4, -0.2) is 71.1 Å². The SMILES string of the molecule is C[C@@H](O)[C@@H]1CCN(C(=O)C(=O)NCC2(N3CCCCC3)CCCCC2)C1. The zero-order chi connectivity index (χ0) is 18.6. The second-order valence-electron chi connectivity index (χ2n) is 8.56. The maximum atomic E-state index is 12.5. The highest BCUT2D eigenvalue weighted by Gasteiger charge is 2.39. The summed E-state index contributed by atoms with van der Waals surface area (Å²) in [4.78, 5) is 29.2. The molecule has 3 rings (SSSR count). The van der Waals surface area contributed by atoms with Crippen molar-refractivity contribution in [3.63, 3.8) is 0 Å². The zero-order valence-electron chi connectivity index (χ0n) is 16.2. The number of nitrogens with zero attached hydrogens (tertiary/aromatic N) is 2. The van der Waals surface area contributed by atoms with Gasteiger partial charge in [0.2, 0.25) is 0 Å². The molecule has 2 amide bonds. The molecular weight excluding hydrogens is 330 g/mol. The third-order valence-corrected chi connectivity index (χ3v) is 6.78. The minimum Gasteiger partial charge on any atom is -0.393 e. The van der Waals surface area contributed by atoms with Gasteiger partial charge in [0, 0.05) is 31.1 Å². The van der Waals surface area contributed by atoms with Crippen LogP contribution in [-0.2, 0) is 9.59 Å². The van der Waals surface area contributed by atoms with Gasteiger partial charge in [-0.25, -0.2) is 0 Å². The first-order valence-electron chi connectivity index (χ1n) is 10.5. The van der Waals surface area contributed by atoms with Crippen LogP contribution in [0.25, 0.3) is 0 Å². The predicted octanol–water partition coefficient (Wildman–Crippen LogP) is 1.52. The molecule has 0 aromatic heterocycles. The maximum Gasteiger partial charge on any atom is 0.311 e. The van der Waals surface area contributed by atoms with E-state index >= 15 is 0 Å². The number of carbonyl (C=O) groups is 2. The van der Waals surface area contributed by atoms with Crippen molar-refractivity contribution in [1.82, 2.24) is 15.1 Å². The van der Waals surface area contributed by atoms with Crippen molar-refractivity contribution >= 4 is 11.8 Å². The Kier molecular flexibility index (Phi) is 6.56. The molecule has 6 nitrogen and oxygen atoms in total. The van der Waals surface area contributed by atoms with E-state index in [2.05, 4.69) is 10.2 Å². The fourth-order valence-electron chi connectivity index (χ4n) is 5.01. The van der Waals surface area contributed by atoms with Crippen LogP contribution in [0, 0.1) is 5.92 Å².